The summed E-state index contributed by atoms with van der Waals surface area (Å²) in [4.78, 5) is 27.7. The van der Waals surface area contributed by atoms with E-state index in [1.165, 1.54) is 23.4 Å². The van der Waals surface area contributed by atoms with Crippen LogP contribution in [-0.4, -0.2) is 36.8 Å². The minimum absolute atomic E-state index is 0.00356. The van der Waals surface area contributed by atoms with E-state index in [0.717, 1.165) is 5.56 Å². The summed E-state index contributed by atoms with van der Waals surface area (Å²) < 4.78 is 39.6. The number of carbonyl (C=O) groups excluding carboxylic acids is 1. The summed E-state index contributed by atoms with van der Waals surface area (Å²) in [5, 5.41) is 0.702. The maximum absolute atomic E-state index is 13.7. The minimum Gasteiger partial charge on any atom is -0.454 e. The molecule has 3 aromatic carbocycles. The van der Waals surface area contributed by atoms with Gasteiger partial charge in [0.25, 0.3) is 5.56 Å². The molecule has 0 saturated heterocycles. The number of aromatic amines is 1. The van der Waals surface area contributed by atoms with E-state index in [9.17, 15) is 18.0 Å². The monoisotopic (exact) mass is 504 g/mol. The molecule has 0 amide bonds. The van der Waals surface area contributed by atoms with Crippen molar-refractivity contribution in [3.8, 4) is 11.5 Å². The summed E-state index contributed by atoms with van der Waals surface area (Å²) in [6.45, 7) is 1.50. The molecule has 0 fully saturated rings. The van der Waals surface area contributed by atoms with Crippen molar-refractivity contribution in [1.82, 2.24) is 9.29 Å². The molecule has 0 aliphatic carbocycles. The van der Waals surface area contributed by atoms with Gasteiger partial charge in [-0.05, 0) is 43.2 Å². The van der Waals surface area contributed by atoms with Crippen LogP contribution in [0.3, 0.4) is 0 Å². The minimum atomic E-state index is -4.02. The number of pyridine rings is 1. The van der Waals surface area contributed by atoms with Crippen molar-refractivity contribution in [2.45, 2.75) is 24.8 Å². The lowest BCUT2D eigenvalue weighted by Gasteiger charge is -2.22. The molecule has 0 atom stereocenters. The third-order valence-corrected chi connectivity index (χ3v) is 7.97. The van der Waals surface area contributed by atoms with Crippen LogP contribution in [0.25, 0.3) is 10.9 Å². The molecule has 0 spiro atoms. The summed E-state index contributed by atoms with van der Waals surface area (Å²) in [7, 11) is -4.02. The number of ether oxygens (including phenoxy) is 2. The first-order valence-electron chi connectivity index (χ1n) is 11.4. The van der Waals surface area contributed by atoms with E-state index < -0.39 is 15.6 Å². The van der Waals surface area contributed by atoms with Crippen molar-refractivity contribution in [2.24, 2.45) is 0 Å². The predicted molar refractivity (Wildman–Crippen MR) is 135 cm³/mol. The summed E-state index contributed by atoms with van der Waals surface area (Å²) in [5.41, 5.74) is 1.74. The van der Waals surface area contributed by atoms with Crippen molar-refractivity contribution < 1.29 is 22.7 Å². The fraction of sp³-hybridized carbons (Fsp3) is 0.185. The van der Waals surface area contributed by atoms with Gasteiger partial charge in [-0.1, -0.05) is 42.5 Å². The van der Waals surface area contributed by atoms with Crippen LogP contribution >= 0.6 is 0 Å². The predicted octanol–water partition coefficient (Wildman–Crippen LogP) is 3.89. The van der Waals surface area contributed by atoms with Crippen LogP contribution in [0.4, 0.5) is 0 Å². The van der Waals surface area contributed by atoms with Crippen LogP contribution in [0.15, 0.2) is 82.5 Å². The van der Waals surface area contributed by atoms with Gasteiger partial charge in [0, 0.05) is 35.7 Å². The van der Waals surface area contributed by atoms with Crippen LogP contribution in [0, 0.1) is 0 Å². The Morgan fingerprint density at radius 2 is 1.72 bits per heavy atom. The van der Waals surface area contributed by atoms with Crippen LogP contribution in [0.2, 0.25) is 0 Å². The Bertz CT molecular complexity index is 1610. The quantitative estimate of drug-likeness (QED) is 0.365. The van der Waals surface area contributed by atoms with E-state index in [0.29, 0.717) is 39.9 Å². The van der Waals surface area contributed by atoms with Crippen molar-refractivity contribution in [1.29, 1.82) is 0 Å². The number of ketones is 1. The summed E-state index contributed by atoms with van der Waals surface area (Å²) in [6, 6.07) is 20.6. The standard InChI is InChI=1S/C27H24N2O6S/c1-18(30)20-8-5-9-23(13-20)36(32,33)29(11-10-19-6-3-2-4-7-19)16-22-12-21-14-25-26(35-17-34-25)15-24(21)28-27(22)31/h2-9,12-15H,10-11,16-17H2,1H3,(H,28,31). The van der Waals surface area contributed by atoms with Crippen molar-refractivity contribution in [3.05, 3.63) is 99.8 Å². The number of H-pyrrole nitrogens is 1. The number of aromatic nitrogens is 1. The molecule has 184 valence electrons. The molecule has 1 N–H and O–H groups in total. The number of hydrogen-bond donors (Lipinski definition) is 1. The van der Waals surface area contributed by atoms with Gasteiger partial charge in [-0.15, -0.1) is 0 Å². The third kappa shape index (κ3) is 4.75. The van der Waals surface area contributed by atoms with Crippen LogP contribution in [0.5, 0.6) is 11.5 Å². The lowest BCUT2D eigenvalue weighted by molar-refractivity contribution is 0.101. The molecule has 0 saturated carbocycles. The Labute approximate surface area is 208 Å². The lowest BCUT2D eigenvalue weighted by Crippen LogP contribution is -2.34. The number of nitrogens with one attached hydrogen (secondary N) is 1. The average Bonchev–Trinajstić information content (AvgIpc) is 3.33. The highest BCUT2D eigenvalue weighted by molar-refractivity contribution is 7.89. The Hall–Kier alpha value is -3.95. The molecule has 1 aliphatic rings. The number of sulfonamides is 1. The first-order chi connectivity index (χ1) is 17.3. The zero-order valence-electron chi connectivity index (χ0n) is 19.6. The maximum atomic E-state index is 13.7. The molecular formula is C27H24N2O6S. The molecule has 9 heteroatoms. The third-order valence-electron chi connectivity index (χ3n) is 6.13. The zero-order chi connectivity index (χ0) is 25.3. The zero-order valence-corrected chi connectivity index (χ0v) is 20.4. The molecule has 0 unspecified atom stereocenters. The molecule has 4 aromatic rings. The molecule has 0 radical (unpaired) electrons. The highest BCUT2D eigenvalue weighted by atomic mass is 32.2. The van der Waals surface area contributed by atoms with Crippen molar-refractivity contribution in [2.75, 3.05) is 13.3 Å². The topological polar surface area (TPSA) is 106 Å². The number of Topliss-reactive ketones (excluding diaryl/α,β-unsaturated/α-hetero) is 1. The number of rotatable bonds is 8. The number of fused-ring (bicyclic) bond motifs is 2. The van der Waals surface area contributed by atoms with E-state index >= 15 is 0 Å². The van der Waals surface area contributed by atoms with Crippen LogP contribution in [0.1, 0.15) is 28.4 Å². The lowest BCUT2D eigenvalue weighted by atomic mass is 10.1. The van der Waals surface area contributed by atoms with Gasteiger partial charge in [-0.25, -0.2) is 8.42 Å². The van der Waals surface area contributed by atoms with Gasteiger partial charge >= 0.3 is 0 Å². The van der Waals surface area contributed by atoms with Crippen molar-refractivity contribution in [3.63, 3.8) is 0 Å². The Balaban J connectivity index is 1.53. The van der Waals surface area contributed by atoms with Crippen LogP contribution < -0.4 is 15.0 Å². The average molecular weight is 505 g/mol. The Morgan fingerprint density at radius 1 is 0.972 bits per heavy atom. The normalized spacial score (nSPS) is 12.8. The molecule has 2 heterocycles. The molecule has 5 rings (SSSR count). The summed E-state index contributed by atoms with van der Waals surface area (Å²) in [6.07, 6.45) is 0.455. The van der Waals surface area contributed by atoms with Crippen LogP contribution in [-0.2, 0) is 23.0 Å². The Kier molecular flexibility index (Phi) is 6.34. The number of hydrogen-bond acceptors (Lipinski definition) is 6. The number of nitrogens with zero attached hydrogens (tertiary/aromatic N) is 1. The van der Waals surface area contributed by atoms with Gasteiger partial charge < -0.3 is 14.5 Å². The largest absolute Gasteiger partial charge is 0.454 e. The van der Waals surface area contributed by atoms with Gasteiger partial charge in [0.1, 0.15) is 0 Å². The van der Waals surface area contributed by atoms with Gasteiger partial charge in [0.05, 0.1) is 10.4 Å². The van der Waals surface area contributed by atoms with Crippen molar-refractivity contribution >= 4 is 26.7 Å². The van der Waals surface area contributed by atoms with Gasteiger partial charge in [-0.3, -0.25) is 9.59 Å². The second-order valence-electron chi connectivity index (χ2n) is 8.57. The van der Waals surface area contributed by atoms with E-state index in [1.807, 2.05) is 30.3 Å². The maximum Gasteiger partial charge on any atom is 0.252 e. The molecule has 1 aromatic heterocycles. The molecule has 0 bridgehead atoms. The first kappa shape index (κ1) is 23.8. The Morgan fingerprint density at radius 3 is 2.47 bits per heavy atom. The van der Waals surface area contributed by atoms with E-state index in [4.69, 9.17) is 9.47 Å². The summed E-state index contributed by atoms with van der Waals surface area (Å²) >= 11 is 0. The molecular weight excluding hydrogens is 480 g/mol. The first-order valence-corrected chi connectivity index (χ1v) is 12.9. The summed E-state index contributed by atoms with van der Waals surface area (Å²) in [5.74, 6) is 0.881. The van der Waals surface area contributed by atoms with Gasteiger partial charge in [-0.2, -0.15) is 4.31 Å². The highest BCUT2D eigenvalue weighted by Gasteiger charge is 2.26. The fourth-order valence-corrected chi connectivity index (χ4v) is 5.62. The van der Waals surface area contributed by atoms with Gasteiger partial charge in [0.15, 0.2) is 17.3 Å². The van der Waals surface area contributed by atoms with E-state index in [-0.39, 0.29) is 30.6 Å². The van der Waals surface area contributed by atoms with E-state index in [2.05, 4.69) is 4.98 Å². The SMILES string of the molecule is CC(=O)c1cccc(S(=O)(=O)N(CCc2ccccc2)Cc2cc3cc4c(cc3[nH]c2=O)OCO4)c1. The second kappa shape index (κ2) is 9.60. The van der Waals surface area contributed by atoms with Gasteiger partial charge in [0.2, 0.25) is 16.8 Å². The fourth-order valence-electron chi connectivity index (χ4n) is 4.16. The highest BCUT2D eigenvalue weighted by Crippen LogP contribution is 2.35. The molecule has 1 aliphatic heterocycles. The molecule has 36 heavy (non-hydrogen) atoms. The van der Waals surface area contributed by atoms with E-state index in [1.54, 1.807) is 30.3 Å². The number of benzene rings is 3. The number of carbonyl (C=O) groups is 1. The molecule has 8 nitrogen and oxygen atoms in total. The second-order valence-corrected chi connectivity index (χ2v) is 10.5. The smallest absolute Gasteiger partial charge is 0.252 e.